The van der Waals surface area contributed by atoms with E-state index in [1.807, 2.05) is 12.3 Å². The SMILES string of the molecule is NNc1ccc(CN2CCCc3ccccc32)cn1. The number of nitrogens with zero attached hydrogens (tertiary/aromatic N) is 2. The Morgan fingerprint density at radius 3 is 2.89 bits per heavy atom. The molecule has 0 amide bonds. The minimum atomic E-state index is 0.697. The Bertz CT molecular complexity index is 550. The van der Waals surface area contributed by atoms with E-state index in [4.69, 9.17) is 5.84 Å². The lowest BCUT2D eigenvalue weighted by molar-refractivity contribution is 0.690. The molecular weight excluding hydrogens is 236 g/mol. The summed E-state index contributed by atoms with van der Waals surface area (Å²) in [6, 6.07) is 12.6. The summed E-state index contributed by atoms with van der Waals surface area (Å²) in [6.07, 6.45) is 4.28. The molecule has 1 aliphatic rings. The molecule has 0 radical (unpaired) electrons. The fraction of sp³-hybridized carbons (Fsp3) is 0.267. The average Bonchev–Trinajstić information content (AvgIpc) is 2.48. The number of benzene rings is 1. The summed E-state index contributed by atoms with van der Waals surface area (Å²) in [6.45, 7) is 2.00. The molecule has 98 valence electrons. The molecule has 0 fully saturated rings. The van der Waals surface area contributed by atoms with Crippen molar-refractivity contribution in [3.05, 3.63) is 53.7 Å². The van der Waals surface area contributed by atoms with Gasteiger partial charge in [-0.25, -0.2) is 10.8 Å². The van der Waals surface area contributed by atoms with Crippen LogP contribution in [0.15, 0.2) is 42.6 Å². The normalized spacial score (nSPS) is 14.1. The zero-order valence-electron chi connectivity index (χ0n) is 10.8. The third-order valence-corrected chi connectivity index (χ3v) is 3.55. The fourth-order valence-electron chi connectivity index (χ4n) is 2.60. The van der Waals surface area contributed by atoms with E-state index in [0.29, 0.717) is 5.82 Å². The Morgan fingerprint density at radius 2 is 2.11 bits per heavy atom. The number of para-hydroxylation sites is 1. The molecule has 0 aliphatic carbocycles. The van der Waals surface area contributed by atoms with Crippen molar-refractivity contribution < 1.29 is 0 Å². The molecular formula is C15H18N4. The van der Waals surface area contributed by atoms with Gasteiger partial charge in [-0.05, 0) is 36.1 Å². The summed E-state index contributed by atoms with van der Waals surface area (Å²) in [5, 5.41) is 0. The summed E-state index contributed by atoms with van der Waals surface area (Å²) in [4.78, 5) is 6.68. The molecule has 3 rings (SSSR count). The maximum atomic E-state index is 5.32. The second kappa shape index (κ2) is 5.28. The van der Waals surface area contributed by atoms with Gasteiger partial charge in [0, 0.05) is 25.0 Å². The first-order valence-electron chi connectivity index (χ1n) is 6.61. The van der Waals surface area contributed by atoms with Crippen LogP contribution in [-0.4, -0.2) is 11.5 Å². The minimum Gasteiger partial charge on any atom is -0.367 e. The summed E-state index contributed by atoms with van der Waals surface area (Å²) in [5.74, 6) is 6.02. The van der Waals surface area contributed by atoms with Crippen LogP contribution in [0, 0.1) is 0 Å². The van der Waals surface area contributed by atoms with Crippen LogP contribution < -0.4 is 16.2 Å². The van der Waals surface area contributed by atoms with Crippen LogP contribution in [0.4, 0.5) is 11.5 Å². The Hall–Kier alpha value is -2.07. The highest BCUT2D eigenvalue weighted by molar-refractivity contribution is 5.55. The van der Waals surface area contributed by atoms with Gasteiger partial charge in [-0.1, -0.05) is 24.3 Å². The molecule has 0 saturated heterocycles. The van der Waals surface area contributed by atoms with E-state index >= 15 is 0 Å². The van der Waals surface area contributed by atoms with Gasteiger partial charge in [-0.3, -0.25) is 0 Å². The standard InChI is InChI=1S/C15H18N4/c16-18-15-8-7-12(10-17-15)11-19-9-3-5-13-4-1-2-6-14(13)19/h1-2,4,6-8,10H,3,5,9,11,16H2,(H,17,18). The topological polar surface area (TPSA) is 54.2 Å². The summed E-state index contributed by atoms with van der Waals surface area (Å²) in [5.41, 5.74) is 6.56. The highest BCUT2D eigenvalue weighted by Crippen LogP contribution is 2.27. The first-order chi connectivity index (χ1) is 9.36. The number of nitrogens with one attached hydrogen (secondary N) is 1. The Morgan fingerprint density at radius 1 is 1.21 bits per heavy atom. The van der Waals surface area contributed by atoms with E-state index in [1.165, 1.54) is 29.7 Å². The van der Waals surface area contributed by atoms with Crippen LogP contribution >= 0.6 is 0 Å². The number of nitrogen functional groups attached to an aromatic ring is 1. The van der Waals surface area contributed by atoms with Crippen LogP contribution in [0.2, 0.25) is 0 Å². The molecule has 1 aromatic carbocycles. The third kappa shape index (κ3) is 2.53. The molecule has 0 atom stereocenters. The van der Waals surface area contributed by atoms with Gasteiger partial charge in [0.2, 0.25) is 0 Å². The molecule has 2 aromatic rings. The van der Waals surface area contributed by atoms with Gasteiger partial charge >= 0.3 is 0 Å². The monoisotopic (exact) mass is 254 g/mol. The van der Waals surface area contributed by atoms with E-state index in [0.717, 1.165) is 13.1 Å². The number of hydrogen-bond donors (Lipinski definition) is 2. The summed E-state index contributed by atoms with van der Waals surface area (Å²) in [7, 11) is 0. The van der Waals surface area contributed by atoms with Crippen LogP contribution in [-0.2, 0) is 13.0 Å². The minimum absolute atomic E-state index is 0.697. The van der Waals surface area contributed by atoms with Crippen molar-refractivity contribution >= 4 is 11.5 Å². The summed E-state index contributed by atoms with van der Waals surface area (Å²) < 4.78 is 0. The molecule has 0 saturated carbocycles. The van der Waals surface area contributed by atoms with Gasteiger partial charge in [0.05, 0.1) is 0 Å². The lowest BCUT2D eigenvalue weighted by Crippen LogP contribution is -2.28. The number of fused-ring (bicyclic) bond motifs is 1. The van der Waals surface area contributed by atoms with Crippen molar-refractivity contribution in [2.45, 2.75) is 19.4 Å². The van der Waals surface area contributed by atoms with Crippen molar-refractivity contribution in [3.8, 4) is 0 Å². The number of anilines is 2. The molecule has 0 unspecified atom stereocenters. The second-order valence-electron chi connectivity index (χ2n) is 4.85. The lowest BCUT2D eigenvalue weighted by Gasteiger charge is -2.31. The number of aromatic nitrogens is 1. The van der Waals surface area contributed by atoms with E-state index < -0.39 is 0 Å². The van der Waals surface area contributed by atoms with Crippen LogP contribution in [0.3, 0.4) is 0 Å². The van der Waals surface area contributed by atoms with Gasteiger partial charge in [0.1, 0.15) is 5.82 Å². The van der Waals surface area contributed by atoms with Crippen molar-refractivity contribution in [2.24, 2.45) is 5.84 Å². The molecule has 1 aromatic heterocycles. The maximum absolute atomic E-state index is 5.32. The fourth-order valence-corrected chi connectivity index (χ4v) is 2.60. The van der Waals surface area contributed by atoms with Crippen molar-refractivity contribution in [1.82, 2.24) is 4.98 Å². The number of rotatable bonds is 3. The van der Waals surface area contributed by atoms with Gasteiger partial charge in [-0.15, -0.1) is 0 Å². The first kappa shape index (κ1) is 12.0. The number of pyridine rings is 1. The number of nitrogens with two attached hydrogens (primary N) is 1. The Balaban J connectivity index is 1.80. The zero-order chi connectivity index (χ0) is 13.1. The predicted octanol–water partition coefficient (Wildman–Crippen LogP) is 2.32. The summed E-state index contributed by atoms with van der Waals surface area (Å²) >= 11 is 0. The van der Waals surface area contributed by atoms with Crippen LogP contribution in [0.1, 0.15) is 17.5 Å². The molecule has 1 aliphatic heterocycles. The average molecular weight is 254 g/mol. The first-order valence-corrected chi connectivity index (χ1v) is 6.61. The lowest BCUT2D eigenvalue weighted by atomic mass is 10.0. The quantitative estimate of drug-likeness (QED) is 0.652. The van der Waals surface area contributed by atoms with Crippen LogP contribution in [0.25, 0.3) is 0 Å². The highest BCUT2D eigenvalue weighted by atomic mass is 15.2. The van der Waals surface area contributed by atoms with Crippen molar-refractivity contribution in [2.75, 3.05) is 16.9 Å². The molecule has 4 nitrogen and oxygen atoms in total. The highest BCUT2D eigenvalue weighted by Gasteiger charge is 2.16. The molecule has 0 bridgehead atoms. The predicted molar refractivity (Wildman–Crippen MR) is 77.9 cm³/mol. The molecule has 2 heterocycles. The third-order valence-electron chi connectivity index (χ3n) is 3.55. The Labute approximate surface area is 113 Å². The van der Waals surface area contributed by atoms with E-state index in [-0.39, 0.29) is 0 Å². The molecule has 4 heteroatoms. The largest absolute Gasteiger partial charge is 0.367 e. The smallest absolute Gasteiger partial charge is 0.139 e. The van der Waals surface area contributed by atoms with E-state index in [9.17, 15) is 0 Å². The van der Waals surface area contributed by atoms with Crippen molar-refractivity contribution in [3.63, 3.8) is 0 Å². The maximum Gasteiger partial charge on any atom is 0.139 e. The van der Waals surface area contributed by atoms with E-state index in [1.54, 1.807) is 0 Å². The molecule has 19 heavy (non-hydrogen) atoms. The van der Waals surface area contributed by atoms with Crippen LogP contribution in [0.5, 0.6) is 0 Å². The second-order valence-corrected chi connectivity index (χ2v) is 4.85. The zero-order valence-corrected chi connectivity index (χ0v) is 10.8. The van der Waals surface area contributed by atoms with Gasteiger partial charge in [0.25, 0.3) is 0 Å². The van der Waals surface area contributed by atoms with Crippen molar-refractivity contribution in [1.29, 1.82) is 0 Å². The molecule has 0 spiro atoms. The van der Waals surface area contributed by atoms with Gasteiger partial charge < -0.3 is 10.3 Å². The molecule has 3 N–H and O–H groups in total. The number of hydrazine groups is 1. The van der Waals surface area contributed by atoms with E-state index in [2.05, 4.69) is 45.6 Å². The number of aryl methyl sites for hydroxylation is 1. The Kier molecular flexibility index (Phi) is 3.33. The van der Waals surface area contributed by atoms with Gasteiger partial charge in [0.15, 0.2) is 0 Å². The van der Waals surface area contributed by atoms with Gasteiger partial charge in [-0.2, -0.15) is 0 Å². The number of hydrogen-bond acceptors (Lipinski definition) is 4.